The van der Waals surface area contributed by atoms with E-state index in [0.29, 0.717) is 18.9 Å². The van der Waals surface area contributed by atoms with Crippen LogP contribution in [0.1, 0.15) is 26.2 Å². The number of halogens is 2. The predicted molar refractivity (Wildman–Crippen MR) is 46.0 cm³/mol. The second-order valence-electron chi connectivity index (χ2n) is 4.34. The monoisotopic (exact) mass is 190 g/mol. The third-order valence-electron chi connectivity index (χ3n) is 3.46. The van der Waals surface area contributed by atoms with E-state index in [1.165, 1.54) is 0 Å². The number of alkyl halides is 2. The van der Waals surface area contributed by atoms with E-state index < -0.39 is 12.3 Å². The fourth-order valence-corrected chi connectivity index (χ4v) is 2.51. The van der Waals surface area contributed by atoms with Crippen molar-refractivity contribution < 1.29 is 13.5 Å². The van der Waals surface area contributed by atoms with E-state index in [9.17, 15) is 8.78 Å². The summed E-state index contributed by atoms with van der Waals surface area (Å²) in [5, 5.41) is 0. The van der Waals surface area contributed by atoms with Gasteiger partial charge in [0.15, 0.2) is 0 Å². The topological polar surface area (TPSA) is 9.23 Å². The zero-order chi connectivity index (χ0) is 9.42. The lowest BCUT2D eigenvalue weighted by atomic mass is 9.74. The highest BCUT2D eigenvalue weighted by atomic mass is 19.2. The summed E-state index contributed by atoms with van der Waals surface area (Å²) in [6, 6.07) is 0. The number of hydrogen-bond donors (Lipinski definition) is 0. The minimum Gasteiger partial charge on any atom is -0.378 e. The van der Waals surface area contributed by atoms with Crippen molar-refractivity contribution in [3.8, 4) is 0 Å². The lowest BCUT2D eigenvalue weighted by molar-refractivity contribution is -0.106. The van der Waals surface area contributed by atoms with Gasteiger partial charge in [-0.25, -0.2) is 8.78 Å². The van der Waals surface area contributed by atoms with Crippen molar-refractivity contribution in [1.29, 1.82) is 0 Å². The molecule has 76 valence electrons. The Hall–Kier alpha value is -0.180. The molecular weight excluding hydrogens is 174 g/mol. The molecule has 1 heterocycles. The highest BCUT2D eigenvalue weighted by molar-refractivity contribution is 4.90. The average Bonchev–Trinajstić information content (AvgIpc) is 2.09. The van der Waals surface area contributed by atoms with Crippen LogP contribution in [-0.2, 0) is 4.74 Å². The van der Waals surface area contributed by atoms with Crippen molar-refractivity contribution in [3.05, 3.63) is 0 Å². The zero-order valence-corrected chi connectivity index (χ0v) is 7.88. The van der Waals surface area contributed by atoms with E-state index in [0.717, 1.165) is 6.42 Å². The van der Waals surface area contributed by atoms with Gasteiger partial charge in [-0.2, -0.15) is 0 Å². The third-order valence-corrected chi connectivity index (χ3v) is 3.46. The van der Waals surface area contributed by atoms with Crippen molar-refractivity contribution in [3.63, 3.8) is 0 Å². The largest absolute Gasteiger partial charge is 0.378 e. The lowest BCUT2D eigenvalue weighted by Gasteiger charge is -2.41. The molecule has 0 radical (unpaired) electrons. The molecule has 2 fully saturated rings. The van der Waals surface area contributed by atoms with Crippen LogP contribution in [-0.4, -0.2) is 25.1 Å². The van der Waals surface area contributed by atoms with Gasteiger partial charge in [-0.15, -0.1) is 0 Å². The summed E-state index contributed by atoms with van der Waals surface area (Å²) >= 11 is 0. The molecule has 1 aliphatic carbocycles. The molecule has 1 saturated heterocycles. The Kier molecular flexibility index (Phi) is 2.54. The molecule has 0 aromatic rings. The van der Waals surface area contributed by atoms with Gasteiger partial charge in [0, 0.05) is 13.0 Å². The zero-order valence-electron chi connectivity index (χ0n) is 7.88. The summed E-state index contributed by atoms with van der Waals surface area (Å²) in [7, 11) is 0. The minimum absolute atomic E-state index is 0.0225. The van der Waals surface area contributed by atoms with Crippen LogP contribution in [0.15, 0.2) is 0 Å². The van der Waals surface area contributed by atoms with Crippen LogP contribution >= 0.6 is 0 Å². The van der Waals surface area contributed by atoms with Crippen LogP contribution in [0.2, 0.25) is 0 Å². The Morgan fingerprint density at radius 2 is 1.85 bits per heavy atom. The van der Waals surface area contributed by atoms with E-state index in [4.69, 9.17) is 4.74 Å². The smallest absolute Gasteiger partial charge is 0.134 e. The van der Waals surface area contributed by atoms with Gasteiger partial charge in [0.2, 0.25) is 0 Å². The van der Waals surface area contributed by atoms with Crippen LogP contribution in [0.5, 0.6) is 0 Å². The van der Waals surface area contributed by atoms with Crippen LogP contribution in [0.3, 0.4) is 0 Å². The normalized spacial score (nSPS) is 51.5. The molecular formula is C10H16F2O. The SMILES string of the molecule is C[C@H]1CCOC2CC(F)C(F)CC21. The third kappa shape index (κ3) is 1.71. The van der Waals surface area contributed by atoms with E-state index in [2.05, 4.69) is 6.92 Å². The van der Waals surface area contributed by atoms with Gasteiger partial charge in [0.1, 0.15) is 12.3 Å². The maximum absolute atomic E-state index is 13.1. The van der Waals surface area contributed by atoms with Gasteiger partial charge in [0.25, 0.3) is 0 Å². The molecule has 0 bridgehead atoms. The second kappa shape index (κ2) is 3.52. The summed E-state index contributed by atoms with van der Waals surface area (Å²) in [6.07, 6.45) is -0.976. The van der Waals surface area contributed by atoms with Crippen LogP contribution < -0.4 is 0 Å². The Balaban J connectivity index is 2.04. The van der Waals surface area contributed by atoms with Crippen molar-refractivity contribution in [2.24, 2.45) is 11.8 Å². The van der Waals surface area contributed by atoms with Crippen molar-refractivity contribution >= 4 is 0 Å². The van der Waals surface area contributed by atoms with Crippen molar-refractivity contribution in [2.75, 3.05) is 6.61 Å². The average molecular weight is 190 g/mol. The fraction of sp³-hybridized carbons (Fsp3) is 1.00. The number of rotatable bonds is 0. The van der Waals surface area contributed by atoms with E-state index >= 15 is 0 Å². The molecule has 0 spiro atoms. The number of hydrogen-bond acceptors (Lipinski definition) is 1. The molecule has 13 heavy (non-hydrogen) atoms. The first-order valence-electron chi connectivity index (χ1n) is 5.08. The van der Waals surface area contributed by atoms with Gasteiger partial charge in [-0.05, 0) is 24.7 Å². The lowest BCUT2D eigenvalue weighted by Crippen LogP contribution is -2.45. The Labute approximate surface area is 77.5 Å². The van der Waals surface area contributed by atoms with E-state index in [1.54, 1.807) is 0 Å². The fourth-order valence-electron chi connectivity index (χ4n) is 2.51. The maximum Gasteiger partial charge on any atom is 0.134 e. The molecule has 1 aliphatic heterocycles. The summed E-state index contributed by atoms with van der Waals surface area (Å²) in [5.74, 6) is 0.736. The standard InChI is InChI=1S/C10H16F2O/c1-6-2-3-13-10-5-9(12)8(11)4-7(6)10/h6-10H,2-5H2,1H3/t6-,7?,8?,9?,10?/m0/s1. The first-order valence-corrected chi connectivity index (χ1v) is 5.08. The van der Waals surface area contributed by atoms with Gasteiger partial charge in [-0.1, -0.05) is 6.92 Å². The molecule has 1 nitrogen and oxygen atoms in total. The summed E-state index contributed by atoms with van der Waals surface area (Å²) in [5.41, 5.74) is 0. The highest BCUT2D eigenvalue weighted by Crippen LogP contribution is 2.39. The van der Waals surface area contributed by atoms with Gasteiger partial charge in [-0.3, -0.25) is 0 Å². The van der Waals surface area contributed by atoms with E-state index in [-0.39, 0.29) is 18.4 Å². The molecule has 4 unspecified atom stereocenters. The quantitative estimate of drug-likeness (QED) is 0.570. The molecule has 0 amide bonds. The Morgan fingerprint density at radius 1 is 1.15 bits per heavy atom. The summed E-state index contributed by atoms with van der Waals surface area (Å²) in [6.45, 7) is 2.83. The van der Waals surface area contributed by atoms with Crippen LogP contribution in [0.25, 0.3) is 0 Å². The maximum atomic E-state index is 13.1. The van der Waals surface area contributed by atoms with Crippen LogP contribution in [0.4, 0.5) is 8.78 Å². The summed E-state index contributed by atoms with van der Waals surface area (Å²) < 4.78 is 31.6. The Bertz CT molecular complexity index is 186. The molecule has 2 aliphatic rings. The van der Waals surface area contributed by atoms with Gasteiger partial charge in [0.05, 0.1) is 6.10 Å². The number of fused-ring (bicyclic) bond motifs is 1. The second-order valence-corrected chi connectivity index (χ2v) is 4.34. The Morgan fingerprint density at radius 3 is 2.62 bits per heavy atom. The van der Waals surface area contributed by atoms with Gasteiger partial charge >= 0.3 is 0 Å². The van der Waals surface area contributed by atoms with E-state index in [1.807, 2.05) is 0 Å². The molecule has 2 rings (SSSR count). The molecule has 3 heteroatoms. The molecule has 5 atom stereocenters. The van der Waals surface area contributed by atoms with Crippen molar-refractivity contribution in [1.82, 2.24) is 0 Å². The predicted octanol–water partition coefficient (Wildman–Crippen LogP) is 2.50. The van der Waals surface area contributed by atoms with Crippen LogP contribution in [0, 0.1) is 11.8 Å². The molecule has 0 N–H and O–H groups in total. The minimum atomic E-state index is -1.30. The molecule has 0 aromatic carbocycles. The first kappa shape index (κ1) is 9.38. The molecule has 0 aromatic heterocycles. The first-order chi connectivity index (χ1) is 6.18. The highest BCUT2D eigenvalue weighted by Gasteiger charge is 2.42. The van der Waals surface area contributed by atoms with Crippen molar-refractivity contribution in [2.45, 2.75) is 44.6 Å². The number of ether oxygens (including phenoxy) is 1. The summed E-state index contributed by atoms with van der Waals surface area (Å²) in [4.78, 5) is 0. The molecule has 1 saturated carbocycles. The van der Waals surface area contributed by atoms with Gasteiger partial charge < -0.3 is 4.74 Å².